The quantitative estimate of drug-likeness (QED) is 0.482. The van der Waals surface area contributed by atoms with Crippen molar-refractivity contribution in [3.63, 3.8) is 0 Å². The van der Waals surface area contributed by atoms with Gasteiger partial charge in [-0.2, -0.15) is 0 Å². The van der Waals surface area contributed by atoms with Gasteiger partial charge < -0.3 is 10.1 Å². The Kier molecular flexibility index (Phi) is 5.25. The fourth-order valence-electron chi connectivity index (χ4n) is 2.24. The van der Waals surface area contributed by atoms with Crippen LogP contribution in [0.3, 0.4) is 0 Å². The highest BCUT2D eigenvalue weighted by Gasteiger charge is 2.18. The summed E-state index contributed by atoms with van der Waals surface area (Å²) in [5.74, 6) is 0.358. The first-order chi connectivity index (χ1) is 9.68. The van der Waals surface area contributed by atoms with E-state index in [1.807, 2.05) is 0 Å². The fraction of sp³-hybridized carbons (Fsp3) is 0.615. The van der Waals surface area contributed by atoms with E-state index in [9.17, 15) is 10.1 Å². The van der Waals surface area contributed by atoms with Gasteiger partial charge in [-0.1, -0.05) is 0 Å². The maximum atomic E-state index is 11.0. The zero-order chi connectivity index (χ0) is 14.4. The van der Waals surface area contributed by atoms with Crippen LogP contribution in [0.15, 0.2) is 12.3 Å². The van der Waals surface area contributed by atoms with Gasteiger partial charge >= 0.3 is 5.69 Å². The summed E-state index contributed by atoms with van der Waals surface area (Å²) in [7, 11) is 0. The first-order valence-corrected chi connectivity index (χ1v) is 6.82. The molecule has 2 heterocycles. The Hall–Kier alpha value is -1.73. The van der Waals surface area contributed by atoms with Gasteiger partial charge in [0.15, 0.2) is 0 Å². The van der Waals surface area contributed by atoms with Crippen LogP contribution in [-0.2, 0) is 4.74 Å². The molecule has 1 aromatic heterocycles. The van der Waals surface area contributed by atoms with Crippen LogP contribution in [0.2, 0.25) is 0 Å². The summed E-state index contributed by atoms with van der Waals surface area (Å²) in [6.07, 6.45) is 2.51. The van der Waals surface area contributed by atoms with Gasteiger partial charge in [0.25, 0.3) is 0 Å². The largest absolute Gasteiger partial charge is 0.379 e. The first kappa shape index (κ1) is 14.7. The molecule has 1 aliphatic heterocycles. The van der Waals surface area contributed by atoms with Crippen molar-refractivity contribution >= 4 is 11.5 Å². The second-order valence-corrected chi connectivity index (χ2v) is 4.82. The molecule has 0 radical (unpaired) electrons. The van der Waals surface area contributed by atoms with Crippen LogP contribution in [0, 0.1) is 17.0 Å². The lowest BCUT2D eigenvalue weighted by molar-refractivity contribution is -0.384. The van der Waals surface area contributed by atoms with E-state index in [2.05, 4.69) is 15.2 Å². The minimum absolute atomic E-state index is 0.0684. The van der Waals surface area contributed by atoms with Gasteiger partial charge in [0.2, 0.25) is 5.82 Å². The van der Waals surface area contributed by atoms with Gasteiger partial charge in [0.1, 0.15) is 0 Å². The number of anilines is 1. The Morgan fingerprint density at radius 1 is 1.50 bits per heavy atom. The van der Waals surface area contributed by atoms with Crippen molar-refractivity contribution < 1.29 is 9.66 Å². The number of nitrogens with zero attached hydrogens (tertiary/aromatic N) is 3. The zero-order valence-electron chi connectivity index (χ0n) is 11.7. The van der Waals surface area contributed by atoms with Crippen LogP contribution in [0.25, 0.3) is 0 Å². The number of hydrogen-bond acceptors (Lipinski definition) is 6. The molecule has 1 aromatic rings. The molecule has 0 aliphatic carbocycles. The molecule has 0 saturated carbocycles. The molecule has 2 rings (SSSR count). The van der Waals surface area contributed by atoms with E-state index in [-0.39, 0.29) is 10.6 Å². The Morgan fingerprint density at radius 3 is 2.95 bits per heavy atom. The van der Waals surface area contributed by atoms with Crippen LogP contribution < -0.4 is 5.32 Å². The highest BCUT2D eigenvalue weighted by molar-refractivity contribution is 5.59. The van der Waals surface area contributed by atoms with E-state index in [1.54, 1.807) is 19.2 Å². The second-order valence-electron chi connectivity index (χ2n) is 4.82. The van der Waals surface area contributed by atoms with Crippen LogP contribution in [-0.4, -0.2) is 54.2 Å². The first-order valence-electron chi connectivity index (χ1n) is 6.82. The molecular formula is C13H20N4O3. The van der Waals surface area contributed by atoms with Gasteiger partial charge in [-0.3, -0.25) is 15.0 Å². The van der Waals surface area contributed by atoms with Crippen molar-refractivity contribution in [1.29, 1.82) is 0 Å². The molecule has 1 saturated heterocycles. The fourth-order valence-corrected chi connectivity index (χ4v) is 2.24. The Balaban J connectivity index is 1.82. The lowest BCUT2D eigenvalue weighted by atomic mass is 10.2. The van der Waals surface area contributed by atoms with Gasteiger partial charge in [-0.15, -0.1) is 0 Å². The summed E-state index contributed by atoms with van der Waals surface area (Å²) >= 11 is 0. The second kappa shape index (κ2) is 7.16. The third-order valence-corrected chi connectivity index (χ3v) is 3.36. The zero-order valence-corrected chi connectivity index (χ0v) is 11.7. The summed E-state index contributed by atoms with van der Waals surface area (Å²) < 4.78 is 5.29. The van der Waals surface area contributed by atoms with Crippen LogP contribution in [0.5, 0.6) is 0 Å². The summed E-state index contributed by atoms with van der Waals surface area (Å²) in [4.78, 5) is 17.0. The summed E-state index contributed by atoms with van der Waals surface area (Å²) in [6, 6.07) is 1.65. The van der Waals surface area contributed by atoms with Gasteiger partial charge in [-0.25, -0.2) is 4.98 Å². The smallest absolute Gasteiger partial charge is 0.314 e. The number of hydrogen-bond donors (Lipinski definition) is 1. The number of morpholine rings is 1. The van der Waals surface area contributed by atoms with E-state index in [4.69, 9.17) is 4.74 Å². The summed E-state index contributed by atoms with van der Waals surface area (Å²) in [5, 5.41) is 14.1. The monoisotopic (exact) mass is 280 g/mol. The van der Waals surface area contributed by atoms with Crippen LogP contribution in [0.4, 0.5) is 11.5 Å². The van der Waals surface area contributed by atoms with Gasteiger partial charge in [-0.05, 0) is 26.0 Å². The highest BCUT2D eigenvalue weighted by atomic mass is 16.6. The van der Waals surface area contributed by atoms with Crippen LogP contribution in [0.1, 0.15) is 12.0 Å². The summed E-state index contributed by atoms with van der Waals surface area (Å²) in [6.45, 7) is 6.87. The number of nitrogens with one attached hydrogen (secondary N) is 1. The van der Waals surface area contributed by atoms with Crippen molar-refractivity contribution in [2.75, 3.05) is 44.7 Å². The van der Waals surface area contributed by atoms with E-state index < -0.39 is 0 Å². The number of aryl methyl sites for hydroxylation is 1. The number of pyridine rings is 1. The average Bonchev–Trinajstić information content (AvgIpc) is 2.44. The molecule has 0 unspecified atom stereocenters. The van der Waals surface area contributed by atoms with Crippen LogP contribution >= 0.6 is 0 Å². The van der Waals surface area contributed by atoms with Crippen molar-refractivity contribution in [2.45, 2.75) is 13.3 Å². The minimum Gasteiger partial charge on any atom is -0.379 e. The third kappa shape index (κ3) is 3.88. The third-order valence-electron chi connectivity index (χ3n) is 3.36. The molecule has 0 bridgehead atoms. The van der Waals surface area contributed by atoms with Gasteiger partial charge in [0.05, 0.1) is 18.1 Å². The predicted molar refractivity (Wildman–Crippen MR) is 76.0 cm³/mol. The molecule has 0 atom stereocenters. The number of nitro groups is 1. The molecule has 7 nitrogen and oxygen atoms in total. The van der Waals surface area contributed by atoms with Crippen molar-refractivity contribution in [1.82, 2.24) is 9.88 Å². The average molecular weight is 280 g/mol. The minimum atomic E-state index is -0.382. The standard InChI is InChI=1S/C13H20N4O3/c1-11-3-5-15-13(12(11)17(18)19)14-4-2-6-16-7-9-20-10-8-16/h3,5H,2,4,6-10H2,1H3,(H,14,15). The molecule has 1 N–H and O–H groups in total. The van der Waals surface area contributed by atoms with E-state index in [0.29, 0.717) is 17.9 Å². The normalized spacial score (nSPS) is 16.1. The molecule has 0 spiro atoms. The molecule has 20 heavy (non-hydrogen) atoms. The van der Waals surface area contributed by atoms with E-state index >= 15 is 0 Å². The highest BCUT2D eigenvalue weighted by Crippen LogP contribution is 2.25. The lowest BCUT2D eigenvalue weighted by Gasteiger charge is -2.26. The van der Waals surface area contributed by atoms with E-state index in [1.165, 1.54) is 0 Å². The molecule has 1 fully saturated rings. The maximum absolute atomic E-state index is 11.0. The lowest BCUT2D eigenvalue weighted by Crippen LogP contribution is -2.37. The number of ether oxygens (including phenoxy) is 1. The maximum Gasteiger partial charge on any atom is 0.314 e. The summed E-state index contributed by atoms with van der Waals surface area (Å²) in [5.41, 5.74) is 0.694. The SMILES string of the molecule is Cc1ccnc(NCCCN2CCOCC2)c1[N+](=O)[O-]. The Bertz CT molecular complexity index is 461. The van der Waals surface area contributed by atoms with Crippen molar-refractivity contribution in [3.8, 4) is 0 Å². The molecule has 0 amide bonds. The Morgan fingerprint density at radius 2 is 2.25 bits per heavy atom. The Labute approximate surface area is 118 Å². The van der Waals surface area contributed by atoms with Gasteiger partial charge in [0, 0.05) is 31.4 Å². The van der Waals surface area contributed by atoms with Crippen molar-refractivity contribution in [2.24, 2.45) is 0 Å². The molecule has 1 aliphatic rings. The molecule has 110 valence electrons. The predicted octanol–water partition coefficient (Wildman–Crippen LogP) is 1.43. The molecule has 7 heteroatoms. The van der Waals surface area contributed by atoms with Crippen molar-refractivity contribution in [3.05, 3.63) is 27.9 Å². The number of rotatable bonds is 6. The molecular weight excluding hydrogens is 260 g/mol. The van der Waals surface area contributed by atoms with E-state index in [0.717, 1.165) is 39.3 Å². The molecule has 0 aromatic carbocycles. The number of aromatic nitrogens is 1. The topological polar surface area (TPSA) is 80.5 Å².